The number of benzene rings is 2. The third-order valence-electron chi connectivity index (χ3n) is 4.08. The Hall–Kier alpha value is -2.40. The molecule has 0 aliphatic carbocycles. The van der Waals surface area contributed by atoms with E-state index < -0.39 is 40.1 Å². The van der Waals surface area contributed by atoms with Crippen molar-refractivity contribution in [2.45, 2.75) is 12.8 Å². The van der Waals surface area contributed by atoms with Gasteiger partial charge < -0.3 is 0 Å². The molecule has 1 unspecified atom stereocenters. The van der Waals surface area contributed by atoms with Crippen molar-refractivity contribution in [3.63, 3.8) is 0 Å². The lowest BCUT2D eigenvalue weighted by Crippen LogP contribution is -2.18. The van der Waals surface area contributed by atoms with Crippen LogP contribution in [0.3, 0.4) is 0 Å². The summed E-state index contributed by atoms with van der Waals surface area (Å²) in [5.74, 6) is -5.20. The molecule has 2 aromatic carbocycles. The van der Waals surface area contributed by atoms with Gasteiger partial charge in [-0.2, -0.15) is 0 Å². The Kier molecular flexibility index (Phi) is 6.58. The molecule has 0 aliphatic rings. The fourth-order valence-corrected chi connectivity index (χ4v) is 3.21. The quantitative estimate of drug-likeness (QED) is 0.252. The van der Waals surface area contributed by atoms with Crippen LogP contribution in [0.15, 0.2) is 30.5 Å². The summed E-state index contributed by atoms with van der Waals surface area (Å²) in [7, 11) is 0. The maximum absolute atomic E-state index is 14.8. The number of carbonyl (C=O) groups is 1. The molecule has 3 rings (SSSR count). The Morgan fingerprint density at radius 3 is 2.66 bits per heavy atom. The third-order valence-corrected chi connectivity index (χ3v) is 4.72. The molecule has 0 saturated heterocycles. The van der Waals surface area contributed by atoms with Crippen molar-refractivity contribution in [3.8, 4) is 0 Å². The Morgan fingerprint density at radius 2 is 1.93 bits per heavy atom. The van der Waals surface area contributed by atoms with E-state index >= 15 is 0 Å². The summed E-state index contributed by atoms with van der Waals surface area (Å²) in [4.78, 5) is 20.7. The van der Waals surface area contributed by atoms with Crippen LogP contribution in [0.2, 0.25) is 5.15 Å². The van der Waals surface area contributed by atoms with E-state index in [1.807, 2.05) is 0 Å². The van der Waals surface area contributed by atoms with Gasteiger partial charge in [-0.3, -0.25) is 14.3 Å². The fourth-order valence-electron chi connectivity index (χ4n) is 2.75. The molecule has 29 heavy (non-hydrogen) atoms. The van der Waals surface area contributed by atoms with Crippen LogP contribution >= 0.6 is 11.6 Å². The second-order valence-electron chi connectivity index (χ2n) is 5.99. The van der Waals surface area contributed by atoms with Crippen LogP contribution in [0.25, 0.3) is 11.0 Å². The molecule has 0 aliphatic heterocycles. The zero-order valence-corrected chi connectivity index (χ0v) is 16.2. The molecule has 0 amide bonds. The van der Waals surface area contributed by atoms with Crippen LogP contribution in [0.4, 0.5) is 13.2 Å². The summed E-state index contributed by atoms with van der Waals surface area (Å²) in [5.41, 5.74) is -0.695. The van der Waals surface area contributed by atoms with Crippen molar-refractivity contribution in [1.29, 1.82) is 0 Å². The number of ketones is 1. The zero-order chi connectivity index (χ0) is 21.1. The Bertz CT molecular complexity index is 1130. The van der Waals surface area contributed by atoms with Gasteiger partial charge in [0.05, 0.1) is 22.8 Å². The van der Waals surface area contributed by atoms with Crippen molar-refractivity contribution in [3.05, 3.63) is 69.8 Å². The highest BCUT2D eigenvalue weighted by Crippen LogP contribution is 2.25. The fraction of sp³-hybridized carbons (Fsp3) is 0.167. The van der Waals surface area contributed by atoms with Gasteiger partial charge in [0.25, 0.3) is 0 Å². The first-order valence-electron chi connectivity index (χ1n) is 8.25. The number of rotatable bonds is 7. The van der Waals surface area contributed by atoms with Gasteiger partial charge in [0.1, 0.15) is 11.0 Å². The number of fused-ring (bicyclic) bond motifs is 1. The zero-order valence-electron chi connectivity index (χ0n) is 14.6. The lowest BCUT2D eigenvalue weighted by atomic mass is 9.97. The first kappa shape index (κ1) is 21.3. The standard InChI is InChI=1S/C18H13ClF3N3O3S/c19-14-8-23-12-4-3-10(7-13(12)25-14)18(26)15-16(21)9(6-11(20)17(15)22)2-1-5-24-29(27)28/h3-4,6-8,24H,1-2,5H2,(H,27,28). The van der Waals surface area contributed by atoms with E-state index in [4.69, 9.17) is 16.2 Å². The number of carbonyl (C=O) groups excluding carboxylic acids is 1. The molecule has 1 atom stereocenters. The topological polar surface area (TPSA) is 92.2 Å². The molecule has 1 aromatic heterocycles. The highest BCUT2D eigenvalue weighted by Gasteiger charge is 2.25. The van der Waals surface area contributed by atoms with E-state index in [0.717, 1.165) is 0 Å². The molecule has 2 N–H and O–H groups in total. The molecule has 152 valence electrons. The monoisotopic (exact) mass is 443 g/mol. The minimum absolute atomic E-state index is 0.0366. The van der Waals surface area contributed by atoms with Crippen LogP contribution < -0.4 is 4.72 Å². The van der Waals surface area contributed by atoms with Crippen LogP contribution in [0.1, 0.15) is 27.9 Å². The van der Waals surface area contributed by atoms with Gasteiger partial charge in [-0.1, -0.05) is 11.6 Å². The molecule has 0 spiro atoms. The number of nitrogens with zero attached hydrogens (tertiary/aromatic N) is 2. The first-order chi connectivity index (χ1) is 13.8. The van der Waals surface area contributed by atoms with E-state index in [9.17, 15) is 22.2 Å². The Morgan fingerprint density at radius 1 is 1.17 bits per heavy atom. The average molecular weight is 444 g/mol. The highest BCUT2D eigenvalue weighted by atomic mass is 35.5. The minimum Gasteiger partial charge on any atom is -0.294 e. The van der Waals surface area contributed by atoms with Gasteiger partial charge in [0.2, 0.25) is 11.3 Å². The highest BCUT2D eigenvalue weighted by molar-refractivity contribution is 7.77. The molecule has 11 heteroatoms. The van der Waals surface area contributed by atoms with Gasteiger partial charge in [-0.25, -0.2) is 27.1 Å². The first-order valence-corrected chi connectivity index (χ1v) is 9.74. The SMILES string of the molecule is O=C(c1ccc2ncc(Cl)nc2c1)c1c(F)c(F)cc(CCCNS(=O)O)c1F. The lowest BCUT2D eigenvalue weighted by molar-refractivity contribution is 0.102. The van der Waals surface area contributed by atoms with Crippen molar-refractivity contribution in [2.24, 2.45) is 0 Å². The van der Waals surface area contributed by atoms with E-state index in [2.05, 4.69) is 14.7 Å². The van der Waals surface area contributed by atoms with Gasteiger partial charge in [-0.15, -0.1) is 0 Å². The van der Waals surface area contributed by atoms with Gasteiger partial charge in [-0.05, 0) is 42.7 Å². The average Bonchev–Trinajstić information content (AvgIpc) is 2.68. The smallest absolute Gasteiger partial charge is 0.231 e. The third kappa shape index (κ3) is 4.78. The van der Waals surface area contributed by atoms with Gasteiger partial charge in [0.15, 0.2) is 17.4 Å². The second kappa shape index (κ2) is 8.95. The van der Waals surface area contributed by atoms with E-state index in [1.165, 1.54) is 24.4 Å². The van der Waals surface area contributed by atoms with Crippen molar-refractivity contribution < 1.29 is 26.7 Å². The van der Waals surface area contributed by atoms with Gasteiger partial charge >= 0.3 is 0 Å². The molecule has 0 radical (unpaired) electrons. The number of hydrogen-bond donors (Lipinski definition) is 2. The molecule has 3 aromatic rings. The molecule has 0 bridgehead atoms. The summed E-state index contributed by atoms with van der Waals surface area (Å²) in [6, 6.07) is 4.67. The number of aryl methyl sites for hydroxylation is 1. The summed E-state index contributed by atoms with van der Waals surface area (Å²) in [5, 5.41) is 0.0740. The maximum Gasteiger partial charge on any atom is 0.231 e. The van der Waals surface area contributed by atoms with Crippen LogP contribution in [0.5, 0.6) is 0 Å². The molecular formula is C18H13ClF3N3O3S. The number of nitrogens with one attached hydrogen (secondary N) is 1. The van der Waals surface area contributed by atoms with Crippen molar-refractivity contribution in [1.82, 2.24) is 14.7 Å². The predicted octanol–water partition coefficient (Wildman–Crippen LogP) is 3.59. The van der Waals surface area contributed by atoms with Crippen LogP contribution in [-0.4, -0.2) is 31.1 Å². The summed E-state index contributed by atoms with van der Waals surface area (Å²) in [6.07, 6.45) is 1.39. The molecular weight excluding hydrogens is 431 g/mol. The van der Waals surface area contributed by atoms with Crippen molar-refractivity contribution >= 4 is 39.7 Å². The number of hydrogen-bond acceptors (Lipinski definition) is 4. The van der Waals surface area contributed by atoms with E-state index in [-0.39, 0.29) is 41.2 Å². The van der Waals surface area contributed by atoms with Gasteiger partial charge in [0, 0.05) is 12.1 Å². The maximum atomic E-state index is 14.8. The van der Waals surface area contributed by atoms with Crippen LogP contribution in [-0.2, 0) is 17.7 Å². The Labute approximate surface area is 170 Å². The normalized spacial score (nSPS) is 12.3. The molecule has 0 fully saturated rings. The molecule has 0 saturated carbocycles. The predicted molar refractivity (Wildman–Crippen MR) is 101 cm³/mol. The summed E-state index contributed by atoms with van der Waals surface area (Å²) >= 11 is 3.53. The van der Waals surface area contributed by atoms with Crippen LogP contribution in [0, 0.1) is 17.5 Å². The second-order valence-corrected chi connectivity index (χ2v) is 7.17. The minimum atomic E-state index is -2.24. The van der Waals surface area contributed by atoms with Crippen molar-refractivity contribution in [2.75, 3.05) is 6.54 Å². The summed E-state index contributed by atoms with van der Waals surface area (Å²) < 4.78 is 64.5. The largest absolute Gasteiger partial charge is 0.294 e. The van der Waals surface area contributed by atoms with E-state index in [0.29, 0.717) is 11.6 Å². The lowest BCUT2D eigenvalue weighted by Gasteiger charge is -2.11. The molecule has 1 heterocycles. The number of halogens is 4. The molecule has 6 nitrogen and oxygen atoms in total. The summed E-state index contributed by atoms with van der Waals surface area (Å²) in [6.45, 7) is 0.0366. The van der Waals surface area contributed by atoms with E-state index in [1.54, 1.807) is 0 Å². The number of aromatic nitrogens is 2. The Balaban J connectivity index is 1.96.